The molecule has 6 heteroatoms. The summed E-state index contributed by atoms with van der Waals surface area (Å²) < 4.78 is 14.6. The van der Waals surface area contributed by atoms with Crippen LogP contribution in [0.5, 0.6) is 0 Å². The lowest BCUT2D eigenvalue weighted by atomic mass is 9.97. The van der Waals surface area contributed by atoms with Crippen molar-refractivity contribution < 1.29 is 14.0 Å². The van der Waals surface area contributed by atoms with Crippen LogP contribution in [-0.2, 0) is 16.1 Å². The number of hydrogen-bond donors (Lipinski definition) is 1. The number of amides is 2. The van der Waals surface area contributed by atoms with Gasteiger partial charge in [-0.2, -0.15) is 0 Å². The summed E-state index contributed by atoms with van der Waals surface area (Å²) in [6.07, 6.45) is 2.50. The van der Waals surface area contributed by atoms with Gasteiger partial charge < -0.3 is 10.2 Å². The number of halogens is 2. The third-order valence-electron chi connectivity index (χ3n) is 3.64. The summed E-state index contributed by atoms with van der Waals surface area (Å²) in [5.74, 6) is -0.716. The van der Waals surface area contributed by atoms with Gasteiger partial charge in [0, 0.05) is 36.1 Å². The van der Waals surface area contributed by atoms with Crippen LogP contribution in [0.15, 0.2) is 35.3 Å². The smallest absolute Gasteiger partial charge is 0.228 e. The van der Waals surface area contributed by atoms with Crippen LogP contribution in [0.2, 0.25) is 0 Å². The number of hydrogen-bond acceptors (Lipinski definition) is 2. The average Bonchev–Trinajstić information content (AvgIpc) is 2.50. The molecule has 0 bridgehead atoms. The molecule has 0 saturated carbocycles. The summed E-state index contributed by atoms with van der Waals surface area (Å²) in [6, 6.07) is 4.66. The minimum atomic E-state index is -0.345. The van der Waals surface area contributed by atoms with E-state index < -0.39 is 0 Å². The minimum absolute atomic E-state index is 0.0302. The quantitative estimate of drug-likeness (QED) is 0.812. The Kier molecular flexibility index (Phi) is 5.71. The zero-order valence-corrected chi connectivity index (χ0v) is 13.7. The molecule has 1 aromatic rings. The molecule has 1 saturated heterocycles. The van der Waals surface area contributed by atoms with Crippen molar-refractivity contribution in [1.29, 1.82) is 0 Å². The number of nitrogens with one attached hydrogen (secondary N) is 1. The molecular formula is C16H18BrFN2O2. The lowest BCUT2D eigenvalue weighted by Crippen LogP contribution is -2.44. The van der Waals surface area contributed by atoms with Gasteiger partial charge in [0.25, 0.3) is 0 Å². The third-order valence-corrected chi connectivity index (χ3v) is 4.14. The van der Waals surface area contributed by atoms with Gasteiger partial charge in [-0.1, -0.05) is 22.0 Å². The molecule has 0 aliphatic carbocycles. The van der Waals surface area contributed by atoms with Gasteiger partial charge in [-0.3, -0.25) is 9.59 Å². The third kappa shape index (κ3) is 4.16. The summed E-state index contributed by atoms with van der Waals surface area (Å²) in [6.45, 7) is 4.52. The van der Waals surface area contributed by atoms with Crippen LogP contribution in [0, 0.1) is 11.7 Å². The van der Waals surface area contributed by atoms with Crippen LogP contribution >= 0.6 is 15.9 Å². The molecule has 0 unspecified atom stereocenters. The lowest BCUT2D eigenvalue weighted by Gasteiger charge is -2.29. The van der Waals surface area contributed by atoms with E-state index in [0.717, 1.165) is 4.47 Å². The first kappa shape index (κ1) is 16.7. The predicted octanol–water partition coefficient (Wildman–Crippen LogP) is 2.63. The van der Waals surface area contributed by atoms with Gasteiger partial charge in [0.1, 0.15) is 5.82 Å². The van der Waals surface area contributed by atoms with E-state index in [0.29, 0.717) is 31.5 Å². The Bertz CT molecular complexity index is 582. The number of nitrogens with zero attached hydrogens (tertiary/aromatic N) is 1. The van der Waals surface area contributed by atoms with E-state index in [1.807, 2.05) is 0 Å². The molecule has 1 aliphatic heterocycles. The summed E-state index contributed by atoms with van der Waals surface area (Å²) in [5, 5.41) is 2.70. The summed E-state index contributed by atoms with van der Waals surface area (Å²) in [4.78, 5) is 25.4. The topological polar surface area (TPSA) is 49.4 Å². The molecule has 118 valence electrons. The maximum Gasteiger partial charge on any atom is 0.228 e. The monoisotopic (exact) mass is 368 g/mol. The molecule has 1 fully saturated rings. The second-order valence-electron chi connectivity index (χ2n) is 5.28. The van der Waals surface area contributed by atoms with Crippen molar-refractivity contribution in [1.82, 2.24) is 10.2 Å². The van der Waals surface area contributed by atoms with Gasteiger partial charge >= 0.3 is 0 Å². The molecule has 1 aliphatic rings. The molecule has 2 amide bonds. The van der Waals surface area contributed by atoms with E-state index in [1.54, 1.807) is 23.1 Å². The Labute approximate surface area is 137 Å². The summed E-state index contributed by atoms with van der Waals surface area (Å²) in [7, 11) is 0. The summed E-state index contributed by atoms with van der Waals surface area (Å²) in [5.41, 5.74) is 0.449. The molecule has 1 atom stereocenters. The molecule has 1 N–H and O–H groups in total. The highest BCUT2D eigenvalue weighted by Crippen LogP contribution is 2.20. The number of rotatable bonds is 5. The molecule has 1 aromatic carbocycles. The summed E-state index contributed by atoms with van der Waals surface area (Å²) >= 11 is 3.31. The van der Waals surface area contributed by atoms with Crippen LogP contribution in [0.1, 0.15) is 18.4 Å². The number of carbonyl (C=O) groups is 2. The van der Waals surface area contributed by atoms with E-state index in [9.17, 15) is 14.0 Å². The highest BCUT2D eigenvalue weighted by atomic mass is 79.9. The van der Waals surface area contributed by atoms with Crippen molar-refractivity contribution in [2.45, 2.75) is 19.4 Å². The molecule has 0 radical (unpaired) electrons. The number of carbonyl (C=O) groups excluding carboxylic acids is 2. The maximum atomic E-state index is 13.9. The van der Waals surface area contributed by atoms with Crippen molar-refractivity contribution >= 4 is 27.7 Å². The Hall–Kier alpha value is -1.69. The normalized spacial score (nSPS) is 17.7. The van der Waals surface area contributed by atoms with Crippen LogP contribution in [-0.4, -0.2) is 29.8 Å². The average molecular weight is 369 g/mol. The van der Waals surface area contributed by atoms with E-state index in [4.69, 9.17) is 0 Å². The molecule has 22 heavy (non-hydrogen) atoms. The van der Waals surface area contributed by atoms with E-state index in [2.05, 4.69) is 27.8 Å². The van der Waals surface area contributed by atoms with Crippen molar-refractivity contribution in [2.75, 3.05) is 13.1 Å². The molecule has 2 rings (SSSR count). The van der Waals surface area contributed by atoms with Crippen LogP contribution in [0.4, 0.5) is 4.39 Å². The van der Waals surface area contributed by atoms with Gasteiger partial charge in [-0.15, -0.1) is 6.58 Å². The van der Waals surface area contributed by atoms with Crippen molar-refractivity contribution in [3.63, 3.8) is 0 Å². The van der Waals surface area contributed by atoms with E-state index in [1.165, 1.54) is 6.07 Å². The van der Waals surface area contributed by atoms with E-state index >= 15 is 0 Å². The molecular weight excluding hydrogens is 351 g/mol. The Morgan fingerprint density at radius 3 is 2.95 bits per heavy atom. The molecule has 4 nitrogen and oxygen atoms in total. The molecule has 0 aromatic heterocycles. The first-order valence-electron chi connectivity index (χ1n) is 7.11. The first-order valence-corrected chi connectivity index (χ1v) is 7.91. The highest BCUT2D eigenvalue weighted by molar-refractivity contribution is 9.10. The second-order valence-corrected chi connectivity index (χ2v) is 6.20. The maximum absolute atomic E-state index is 13.9. The predicted molar refractivity (Wildman–Crippen MR) is 85.4 cm³/mol. The molecule has 1 heterocycles. The van der Waals surface area contributed by atoms with Crippen molar-refractivity contribution in [2.24, 2.45) is 5.92 Å². The SMILES string of the molecule is C=CCN(Cc1cc(Br)ccc1F)C(=O)[C@H]1CCC(=O)NC1. The van der Waals surface area contributed by atoms with Gasteiger partial charge in [0.2, 0.25) is 11.8 Å². The number of benzene rings is 1. The first-order chi connectivity index (χ1) is 10.5. The minimum Gasteiger partial charge on any atom is -0.355 e. The van der Waals surface area contributed by atoms with Crippen molar-refractivity contribution in [3.8, 4) is 0 Å². The van der Waals surface area contributed by atoms with Gasteiger partial charge in [-0.05, 0) is 24.6 Å². The highest BCUT2D eigenvalue weighted by Gasteiger charge is 2.28. The van der Waals surface area contributed by atoms with Gasteiger partial charge in [0.15, 0.2) is 0 Å². The fraction of sp³-hybridized carbons (Fsp3) is 0.375. The fourth-order valence-corrected chi connectivity index (χ4v) is 2.87. The standard InChI is InChI=1S/C16H18BrFN2O2/c1-2-7-20(10-12-8-13(17)4-5-14(12)18)16(22)11-3-6-15(21)19-9-11/h2,4-5,8,11H,1,3,6-7,9-10H2,(H,19,21)/t11-/m0/s1. The van der Waals surface area contributed by atoms with Crippen LogP contribution in [0.3, 0.4) is 0 Å². The van der Waals surface area contributed by atoms with Gasteiger partial charge in [0.05, 0.1) is 5.92 Å². The van der Waals surface area contributed by atoms with Crippen LogP contribution < -0.4 is 5.32 Å². The van der Waals surface area contributed by atoms with Crippen LogP contribution in [0.25, 0.3) is 0 Å². The number of piperidine rings is 1. The zero-order valence-electron chi connectivity index (χ0n) is 12.1. The zero-order chi connectivity index (χ0) is 16.1. The van der Waals surface area contributed by atoms with E-state index in [-0.39, 0.29) is 30.1 Å². The molecule has 0 spiro atoms. The Balaban J connectivity index is 2.11. The second kappa shape index (κ2) is 7.54. The van der Waals surface area contributed by atoms with Crippen molar-refractivity contribution in [3.05, 3.63) is 46.7 Å². The largest absolute Gasteiger partial charge is 0.355 e. The fourth-order valence-electron chi connectivity index (χ4n) is 2.46. The Morgan fingerprint density at radius 2 is 2.32 bits per heavy atom. The lowest BCUT2D eigenvalue weighted by molar-refractivity contribution is -0.137. The Morgan fingerprint density at radius 1 is 1.55 bits per heavy atom. The van der Waals surface area contributed by atoms with Gasteiger partial charge in [-0.25, -0.2) is 4.39 Å².